The van der Waals surface area contributed by atoms with Gasteiger partial charge in [-0.2, -0.15) is 0 Å². The fraction of sp³-hybridized carbons (Fsp3) is 0.810. The van der Waals surface area contributed by atoms with Crippen LogP contribution in [-0.4, -0.2) is 93.6 Å². The monoisotopic (exact) mass is 435 g/mol. The Morgan fingerprint density at radius 1 is 1.29 bits per heavy atom. The molecule has 0 aromatic carbocycles. The van der Waals surface area contributed by atoms with Crippen molar-refractivity contribution in [3.63, 3.8) is 0 Å². The van der Waals surface area contributed by atoms with Crippen molar-refractivity contribution in [2.45, 2.75) is 70.8 Å². The Bertz CT molecular complexity index is 767. The Hall–Kier alpha value is -2.04. The van der Waals surface area contributed by atoms with Gasteiger partial charge in [0.2, 0.25) is 11.8 Å². The second-order valence-electron chi connectivity index (χ2n) is 9.93. The van der Waals surface area contributed by atoms with Gasteiger partial charge in [0.1, 0.15) is 12.1 Å². The van der Waals surface area contributed by atoms with Gasteiger partial charge in [-0.25, -0.2) is 4.68 Å². The number of carbonyl (C=O) groups excluding carboxylic acids is 2. The number of carbonyl (C=O) groups is 2. The highest BCUT2D eigenvalue weighted by Crippen LogP contribution is 2.34. The van der Waals surface area contributed by atoms with Gasteiger partial charge >= 0.3 is 0 Å². The molecule has 2 fully saturated rings. The summed E-state index contributed by atoms with van der Waals surface area (Å²) in [5, 5.41) is 24.8. The van der Waals surface area contributed by atoms with E-state index in [1.165, 1.54) is 11.9 Å². The van der Waals surface area contributed by atoms with E-state index in [1.807, 2.05) is 27.0 Å². The zero-order chi connectivity index (χ0) is 22.8. The number of likely N-dealkylation sites (N-methyl/N-ethyl adjacent to an activating group) is 1. The number of aliphatic hydroxyl groups is 1. The predicted molar refractivity (Wildman–Crippen MR) is 116 cm³/mol. The first-order valence-corrected chi connectivity index (χ1v) is 11.1. The zero-order valence-corrected chi connectivity index (χ0v) is 19.3. The number of β-amino-alcohol motifs (C(OH)–C–C–N with tert-alkyl or cyclic N) is 1. The summed E-state index contributed by atoms with van der Waals surface area (Å²) in [7, 11) is 3.68. The molecule has 10 nitrogen and oxygen atoms in total. The van der Waals surface area contributed by atoms with Crippen LogP contribution in [0, 0.1) is 5.41 Å². The highest BCUT2D eigenvalue weighted by molar-refractivity contribution is 5.90. The van der Waals surface area contributed by atoms with Crippen LogP contribution in [0.3, 0.4) is 0 Å². The number of aromatic nitrogens is 3. The molecule has 3 N–H and O–H groups in total. The lowest BCUT2D eigenvalue weighted by Crippen LogP contribution is -2.49. The molecule has 1 aromatic rings. The van der Waals surface area contributed by atoms with E-state index in [0.717, 1.165) is 31.6 Å². The molecular formula is C21H37N7O3. The third kappa shape index (κ3) is 5.61. The van der Waals surface area contributed by atoms with Gasteiger partial charge in [-0.3, -0.25) is 9.59 Å². The van der Waals surface area contributed by atoms with Crippen molar-refractivity contribution in [3.8, 4) is 0 Å². The maximum Gasteiger partial charge on any atom is 0.248 e. The van der Waals surface area contributed by atoms with Gasteiger partial charge in [-0.05, 0) is 38.4 Å². The molecule has 2 unspecified atom stereocenters. The summed E-state index contributed by atoms with van der Waals surface area (Å²) in [5.41, 5.74) is 0.329. The maximum absolute atomic E-state index is 13.5. The number of hydrogen-bond donors (Lipinski definition) is 3. The summed E-state index contributed by atoms with van der Waals surface area (Å²) in [6.07, 6.45) is 3.55. The summed E-state index contributed by atoms with van der Waals surface area (Å²) in [5.74, 6) is -0.489. The van der Waals surface area contributed by atoms with Gasteiger partial charge in [0, 0.05) is 32.6 Å². The van der Waals surface area contributed by atoms with E-state index in [2.05, 4.69) is 32.9 Å². The number of aliphatic hydroxyl groups excluding tert-OH is 1. The highest BCUT2D eigenvalue weighted by atomic mass is 16.3. The van der Waals surface area contributed by atoms with Crippen LogP contribution in [-0.2, 0) is 16.1 Å². The van der Waals surface area contributed by atoms with Gasteiger partial charge < -0.3 is 25.5 Å². The average Bonchev–Trinajstić information content (AvgIpc) is 3.32. The molecule has 0 spiro atoms. The highest BCUT2D eigenvalue weighted by Gasteiger charge is 2.45. The van der Waals surface area contributed by atoms with E-state index in [0.29, 0.717) is 12.6 Å². The molecule has 3 atom stereocenters. The molecule has 1 aromatic heterocycles. The van der Waals surface area contributed by atoms with E-state index in [9.17, 15) is 14.7 Å². The molecule has 2 amide bonds. The summed E-state index contributed by atoms with van der Waals surface area (Å²) < 4.78 is 1.61. The first-order valence-electron chi connectivity index (χ1n) is 11.1. The zero-order valence-electron chi connectivity index (χ0n) is 19.3. The number of nitrogens with zero attached hydrogens (tertiary/aromatic N) is 5. The minimum atomic E-state index is -0.711. The van der Waals surface area contributed by atoms with E-state index >= 15 is 0 Å². The molecule has 10 heteroatoms. The van der Waals surface area contributed by atoms with Crippen LogP contribution in [0.15, 0.2) is 6.20 Å². The van der Waals surface area contributed by atoms with E-state index in [4.69, 9.17) is 0 Å². The lowest BCUT2D eigenvalue weighted by molar-refractivity contribution is -0.144. The summed E-state index contributed by atoms with van der Waals surface area (Å²) in [4.78, 5) is 29.6. The summed E-state index contributed by atoms with van der Waals surface area (Å²) in [6, 6.07) is -0.846. The SMILES string of the molecule is CNC(=O)C1CC(O)CN1C(=O)[C@@H](n1cc(CNC2CCN(C)CC2)nn1)C(C)(C)C. The molecule has 0 bridgehead atoms. The minimum Gasteiger partial charge on any atom is -0.391 e. The van der Waals surface area contributed by atoms with Gasteiger partial charge in [0.15, 0.2) is 0 Å². The number of likely N-dealkylation sites (tertiary alicyclic amines) is 2. The fourth-order valence-corrected chi connectivity index (χ4v) is 4.49. The summed E-state index contributed by atoms with van der Waals surface area (Å²) >= 11 is 0. The lowest BCUT2D eigenvalue weighted by atomic mass is 9.85. The predicted octanol–water partition coefficient (Wildman–Crippen LogP) is -0.243. The Labute approximate surface area is 184 Å². The van der Waals surface area contributed by atoms with E-state index in [1.54, 1.807) is 4.68 Å². The molecular weight excluding hydrogens is 398 g/mol. The second-order valence-corrected chi connectivity index (χ2v) is 9.93. The van der Waals surface area contributed by atoms with Crippen LogP contribution < -0.4 is 10.6 Å². The van der Waals surface area contributed by atoms with Crippen LogP contribution in [0.5, 0.6) is 0 Å². The molecule has 3 heterocycles. The van der Waals surface area contributed by atoms with Crippen molar-refractivity contribution < 1.29 is 14.7 Å². The molecule has 2 saturated heterocycles. The summed E-state index contributed by atoms with van der Waals surface area (Å²) in [6.45, 7) is 8.81. The second kappa shape index (κ2) is 9.62. The van der Waals surface area contributed by atoms with Crippen LogP contribution in [0.1, 0.15) is 51.8 Å². The average molecular weight is 436 g/mol. The third-order valence-electron chi connectivity index (χ3n) is 6.28. The fourth-order valence-electron chi connectivity index (χ4n) is 4.49. The van der Waals surface area contributed by atoms with E-state index < -0.39 is 23.6 Å². The number of hydrogen-bond acceptors (Lipinski definition) is 7. The van der Waals surface area contributed by atoms with Crippen molar-refractivity contribution in [3.05, 3.63) is 11.9 Å². The smallest absolute Gasteiger partial charge is 0.248 e. The molecule has 0 radical (unpaired) electrons. The standard InChI is InChI=1S/C21H37N7O3/c1-21(2,3)18(20(31)27-13-16(29)10-17(27)19(30)22-4)28-12-15(24-25-28)11-23-14-6-8-26(5)9-7-14/h12,14,16-18,23,29H,6-11,13H2,1-5H3,(H,22,30)/t16?,17?,18-/m1/s1. The Kier molecular flexibility index (Phi) is 7.33. The van der Waals surface area contributed by atoms with Gasteiger partial charge in [-0.15, -0.1) is 5.10 Å². The molecule has 31 heavy (non-hydrogen) atoms. The van der Waals surface area contributed by atoms with Crippen molar-refractivity contribution >= 4 is 11.8 Å². The first-order chi connectivity index (χ1) is 14.6. The van der Waals surface area contributed by atoms with Crippen LogP contribution in [0.4, 0.5) is 0 Å². The Morgan fingerprint density at radius 3 is 2.58 bits per heavy atom. The lowest BCUT2D eigenvalue weighted by Gasteiger charge is -2.34. The molecule has 3 rings (SSSR count). The normalized spacial score (nSPS) is 24.4. The number of piperidine rings is 1. The van der Waals surface area contributed by atoms with Crippen LogP contribution >= 0.6 is 0 Å². The molecule has 0 saturated carbocycles. The molecule has 2 aliphatic heterocycles. The van der Waals surface area contributed by atoms with Crippen LogP contribution in [0.25, 0.3) is 0 Å². The maximum atomic E-state index is 13.5. The van der Waals surface area contributed by atoms with Crippen molar-refractivity contribution in [1.82, 2.24) is 35.4 Å². The number of nitrogens with one attached hydrogen (secondary N) is 2. The topological polar surface area (TPSA) is 116 Å². The molecule has 174 valence electrons. The Morgan fingerprint density at radius 2 is 1.97 bits per heavy atom. The number of rotatable bonds is 6. The van der Waals surface area contributed by atoms with Gasteiger partial charge in [-0.1, -0.05) is 26.0 Å². The quantitative estimate of drug-likeness (QED) is 0.565. The number of amides is 2. The third-order valence-corrected chi connectivity index (χ3v) is 6.28. The first kappa shape index (κ1) is 23.6. The van der Waals surface area contributed by atoms with Gasteiger partial charge in [0.05, 0.1) is 18.0 Å². The largest absolute Gasteiger partial charge is 0.391 e. The van der Waals surface area contributed by atoms with Crippen molar-refractivity contribution in [1.29, 1.82) is 0 Å². The van der Waals surface area contributed by atoms with E-state index in [-0.39, 0.29) is 24.8 Å². The van der Waals surface area contributed by atoms with Gasteiger partial charge in [0.25, 0.3) is 0 Å². The Balaban J connectivity index is 1.73. The van der Waals surface area contributed by atoms with Crippen LogP contribution in [0.2, 0.25) is 0 Å². The molecule has 0 aliphatic carbocycles. The molecule has 2 aliphatic rings. The minimum absolute atomic E-state index is 0.142. The van der Waals surface area contributed by atoms with Crippen molar-refractivity contribution in [2.75, 3.05) is 33.7 Å². The van der Waals surface area contributed by atoms with Crippen molar-refractivity contribution in [2.24, 2.45) is 5.41 Å².